The van der Waals surface area contributed by atoms with Crippen LogP contribution in [0.1, 0.15) is 11.1 Å². The Morgan fingerprint density at radius 2 is 1.65 bits per heavy atom. The lowest BCUT2D eigenvalue weighted by Crippen LogP contribution is -2.16. The Morgan fingerprint density at radius 1 is 1.00 bits per heavy atom. The molecule has 0 bridgehead atoms. The molecule has 0 saturated heterocycles. The van der Waals surface area contributed by atoms with Crippen molar-refractivity contribution in [3.05, 3.63) is 40.9 Å². The van der Waals surface area contributed by atoms with Crippen molar-refractivity contribution in [3.8, 4) is 10.9 Å². The molecule has 1 radical (unpaired) electrons. The molecule has 2 aromatic rings. The Labute approximate surface area is 112 Å². The lowest BCUT2D eigenvalue weighted by atomic mass is 10.1. The molecule has 0 unspecified atom stereocenters. The summed E-state index contributed by atoms with van der Waals surface area (Å²) in [7, 11) is 0. The zero-order chi connectivity index (χ0) is 15.0. The number of ether oxygens (including phenoxy) is 1. The standard InChI is InChI=1S/C11H4F6NOS/c12-10(13,14)7-2-1-6(5-8(7)11(15,16)17)19-9-18-3-4-20-9/h1-3,5H. The van der Waals surface area contributed by atoms with E-state index in [1.165, 1.54) is 6.20 Å². The first-order valence-corrected chi connectivity index (χ1v) is 5.78. The highest BCUT2D eigenvalue weighted by Gasteiger charge is 2.43. The van der Waals surface area contributed by atoms with Crippen molar-refractivity contribution in [1.29, 1.82) is 0 Å². The molecule has 0 atom stereocenters. The quantitative estimate of drug-likeness (QED) is 0.745. The van der Waals surface area contributed by atoms with Crippen LogP contribution in [0.3, 0.4) is 0 Å². The molecule has 2 rings (SSSR count). The summed E-state index contributed by atoms with van der Waals surface area (Å²) in [6.45, 7) is 0. The van der Waals surface area contributed by atoms with Gasteiger partial charge in [0.05, 0.1) is 22.7 Å². The van der Waals surface area contributed by atoms with Crippen molar-refractivity contribution in [2.24, 2.45) is 0 Å². The van der Waals surface area contributed by atoms with Gasteiger partial charge in [0.15, 0.2) is 0 Å². The van der Waals surface area contributed by atoms with Crippen LogP contribution in [0.4, 0.5) is 26.3 Å². The van der Waals surface area contributed by atoms with Crippen molar-refractivity contribution in [2.45, 2.75) is 12.4 Å². The highest BCUT2D eigenvalue weighted by molar-refractivity contribution is 7.10. The average molecular weight is 312 g/mol. The molecule has 1 heterocycles. The first-order chi connectivity index (χ1) is 9.18. The number of hydrogen-bond donors (Lipinski definition) is 0. The zero-order valence-electron chi connectivity index (χ0n) is 9.34. The Kier molecular flexibility index (Phi) is 3.63. The summed E-state index contributed by atoms with van der Waals surface area (Å²) < 4.78 is 80.5. The fourth-order valence-electron chi connectivity index (χ4n) is 1.40. The van der Waals surface area contributed by atoms with Gasteiger partial charge in [0.25, 0.3) is 5.19 Å². The van der Waals surface area contributed by atoms with Crippen LogP contribution in [0.5, 0.6) is 10.9 Å². The molecule has 20 heavy (non-hydrogen) atoms. The molecule has 0 fully saturated rings. The average Bonchev–Trinajstić information content (AvgIpc) is 2.79. The summed E-state index contributed by atoms with van der Waals surface area (Å²) in [5, 5.41) is 2.52. The van der Waals surface area contributed by atoms with Crippen LogP contribution in [0.25, 0.3) is 0 Å². The molecule has 0 aliphatic rings. The van der Waals surface area contributed by atoms with Crippen molar-refractivity contribution in [3.63, 3.8) is 0 Å². The van der Waals surface area contributed by atoms with Gasteiger partial charge >= 0.3 is 12.4 Å². The topological polar surface area (TPSA) is 22.1 Å². The van der Waals surface area contributed by atoms with E-state index in [1.807, 2.05) is 0 Å². The van der Waals surface area contributed by atoms with Gasteiger partial charge in [0.1, 0.15) is 5.75 Å². The molecule has 1 aromatic heterocycles. The van der Waals surface area contributed by atoms with Gasteiger partial charge in [-0.15, -0.1) is 0 Å². The maximum Gasteiger partial charge on any atom is 0.417 e. The number of nitrogens with zero attached hydrogens (tertiary/aromatic N) is 1. The zero-order valence-corrected chi connectivity index (χ0v) is 10.2. The summed E-state index contributed by atoms with van der Waals surface area (Å²) >= 11 is 0.879. The fourth-order valence-corrected chi connectivity index (χ4v) is 1.85. The SMILES string of the molecule is FC(F)(F)c1ccc(Oc2nc[c]s2)cc1C(F)(F)F. The number of hydrogen-bond acceptors (Lipinski definition) is 3. The monoisotopic (exact) mass is 312 g/mol. The minimum absolute atomic E-state index is 0.0158. The highest BCUT2D eigenvalue weighted by Crippen LogP contribution is 2.42. The number of thiazole rings is 1. The van der Waals surface area contributed by atoms with Crippen LogP contribution in [0.2, 0.25) is 0 Å². The number of halogens is 6. The number of alkyl halides is 6. The number of benzene rings is 1. The molecule has 1 aromatic carbocycles. The lowest BCUT2D eigenvalue weighted by Gasteiger charge is -2.16. The summed E-state index contributed by atoms with van der Waals surface area (Å²) in [5.41, 5.74) is -3.56. The van der Waals surface area contributed by atoms with E-state index < -0.39 is 23.5 Å². The fraction of sp³-hybridized carbons (Fsp3) is 0.182. The molecular formula is C11H4F6NOS. The number of rotatable bonds is 2. The van der Waals surface area contributed by atoms with Crippen molar-refractivity contribution >= 4 is 11.3 Å². The largest absolute Gasteiger partial charge is 0.431 e. The van der Waals surface area contributed by atoms with E-state index in [-0.39, 0.29) is 10.9 Å². The predicted molar refractivity (Wildman–Crippen MR) is 57.5 cm³/mol. The molecule has 0 spiro atoms. The predicted octanol–water partition coefficient (Wildman–Crippen LogP) is 4.77. The van der Waals surface area contributed by atoms with E-state index >= 15 is 0 Å². The maximum absolute atomic E-state index is 12.7. The smallest absolute Gasteiger partial charge is 0.417 e. The maximum atomic E-state index is 12.7. The van der Waals surface area contributed by atoms with Gasteiger partial charge in [0, 0.05) is 0 Å². The van der Waals surface area contributed by atoms with Gasteiger partial charge in [-0.2, -0.15) is 26.3 Å². The molecule has 0 N–H and O–H groups in total. The molecule has 0 amide bonds. The van der Waals surface area contributed by atoms with Crippen LogP contribution >= 0.6 is 11.3 Å². The van der Waals surface area contributed by atoms with Gasteiger partial charge in [-0.05, 0) is 18.2 Å². The second-order valence-corrected chi connectivity index (χ2v) is 4.34. The molecule has 0 saturated carbocycles. The molecule has 0 aliphatic heterocycles. The summed E-state index contributed by atoms with van der Waals surface area (Å²) in [5.74, 6) is -0.381. The second-order valence-electron chi connectivity index (χ2n) is 3.55. The number of aromatic nitrogens is 1. The molecular weight excluding hydrogens is 308 g/mol. The van der Waals surface area contributed by atoms with E-state index in [9.17, 15) is 26.3 Å². The van der Waals surface area contributed by atoms with E-state index in [1.54, 1.807) is 0 Å². The van der Waals surface area contributed by atoms with Crippen LogP contribution in [-0.4, -0.2) is 4.98 Å². The third-order valence-electron chi connectivity index (χ3n) is 2.18. The minimum Gasteiger partial charge on any atom is -0.431 e. The molecule has 2 nitrogen and oxygen atoms in total. The summed E-state index contributed by atoms with van der Waals surface area (Å²) in [6.07, 6.45) is -9.01. The van der Waals surface area contributed by atoms with Gasteiger partial charge < -0.3 is 4.74 Å². The second kappa shape index (κ2) is 4.97. The molecule has 9 heteroatoms. The minimum atomic E-state index is -5.14. The van der Waals surface area contributed by atoms with Crippen molar-refractivity contribution in [2.75, 3.05) is 0 Å². The van der Waals surface area contributed by atoms with Gasteiger partial charge in [-0.1, -0.05) is 11.3 Å². The Hall–Kier alpha value is -1.77. The van der Waals surface area contributed by atoms with Crippen LogP contribution < -0.4 is 4.74 Å². The van der Waals surface area contributed by atoms with Gasteiger partial charge in [-0.25, -0.2) is 4.98 Å². The Bertz CT molecular complexity index is 590. The van der Waals surface area contributed by atoms with Crippen molar-refractivity contribution in [1.82, 2.24) is 4.98 Å². The lowest BCUT2D eigenvalue weighted by molar-refractivity contribution is -0.162. The van der Waals surface area contributed by atoms with Crippen LogP contribution in [0.15, 0.2) is 24.4 Å². The van der Waals surface area contributed by atoms with E-state index in [0.717, 1.165) is 17.4 Å². The Balaban J connectivity index is 2.44. The highest BCUT2D eigenvalue weighted by atomic mass is 32.1. The third-order valence-corrected chi connectivity index (χ3v) is 2.76. The summed E-state index contributed by atoms with van der Waals surface area (Å²) in [4.78, 5) is 3.61. The van der Waals surface area contributed by atoms with Crippen LogP contribution in [0, 0.1) is 5.38 Å². The van der Waals surface area contributed by atoms with E-state index in [4.69, 9.17) is 4.74 Å². The summed E-state index contributed by atoms with van der Waals surface area (Å²) in [6, 6.07) is 1.43. The van der Waals surface area contributed by atoms with Gasteiger partial charge in [-0.3, -0.25) is 0 Å². The third kappa shape index (κ3) is 3.21. The first kappa shape index (κ1) is 14.6. The normalized spacial score (nSPS) is 12.5. The van der Waals surface area contributed by atoms with Crippen LogP contribution in [-0.2, 0) is 12.4 Å². The Morgan fingerprint density at radius 3 is 2.15 bits per heavy atom. The van der Waals surface area contributed by atoms with Gasteiger partial charge in [0.2, 0.25) is 0 Å². The molecule has 0 aliphatic carbocycles. The van der Waals surface area contributed by atoms with Crippen molar-refractivity contribution < 1.29 is 31.1 Å². The first-order valence-electron chi connectivity index (χ1n) is 4.96. The molecule has 107 valence electrons. The van der Waals surface area contributed by atoms with E-state index in [0.29, 0.717) is 12.1 Å². The van der Waals surface area contributed by atoms with E-state index in [2.05, 4.69) is 10.4 Å².